The molecule has 4 heteroatoms. The lowest BCUT2D eigenvalue weighted by atomic mass is 9.77. The average molecular weight is 288 g/mol. The van der Waals surface area contributed by atoms with E-state index in [1.165, 1.54) is 24.8 Å². The Morgan fingerprint density at radius 2 is 2.19 bits per heavy atom. The molecule has 0 radical (unpaired) electrons. The average Bonchev–Trinajstić information content (AvgIpc) is 2.75. The monoisotopic (exact) mass is 288 g/mol. The van der Waals surface area contributed by atoms with E-state index in [-0.39, 0.29) is 5.76 Å². The van der Waals surface area contributed by atoms with Gasteiger partial charge in [0.25, 0.3) is 0 Å². The molecule has 1 atom stereocenters. The summed E-state index contributed by atoms with van der Waals surface area (Å²) in [6.45, 7) is 5.82. The van der Waals surface area contributed by atoms with Gasteiger partial charge in [-0.2, -0.15) is 0 Å². The Morgan fingerprint density at radius 1 is 1.38 bits per heavy atom. The quantitative estimate of drug-likeness (QED) is 0.885. The SMILES string of the molecule is CCCNC(c1ccc2c(c1)oc(=O)n2CC)C1CCC1. The van der Waals surface area contributed by atoms with Crippen molar-refractivity contribution in [3.8, 4) is 0 Å². The van der Waals surface area contributed by atoms with E-state index in [2.05, 4.69) is 24.4 Å². The van der Waals surface area contributed by atoms with E-state index in [0.29, 0.717) is 24.1 Å². The number of rotatable bonds is 6. The zero-order valence-corrected chi connectivity index (χ0v) is 12.9. The zero-order valence-electron chi connectivity index (χ0n) is 12.9. The maximum atomic E-state index is 11.8. The minimum absolute atomic E-state index is 0.258. The first-order chi connectivity index (χ1) is 10.2. The number of aryl methyl sites for hydroxylation is 1. The number of fused-ring (bicyclic) bond motifs is 1. The number of hydrogen-bond donors (Lipinski definition) is 1. The normalized spacial score (nSPS) is 17.0. The highest BCUT2D eigenvalue weighted by Gasteiger charge is 2.28. The minimum atomic E-state index is -0.258. The standard InChI is InChI=1S/C17H24N2O2/c1-3-10-18-16(12-6-5-7-12)13-8-9-14-15(11-13)21-17(20)19(14)4-2/h8-9,11-12,16,18H,3-7,10H2,1-2H3. The van der Waals surface area contributed by atoms with Crippen molar-refractivity contribution in [2.75, 3.05) is 6.54 Å². The maximum Gasteiger partial charge on any atom is 0.419 e. The summed E-state index contributed by atoms with van der Waals surface area (Å²) in [5.41, 5.74) is 2.86. The highest BCUT2D eigenvalue weighted by atomic mass is 16.4. The Labute approximate surface area is 125 Å². The molecule has 1 N–H and O–H groups in total. The van der Waals surface area contributed by atoms with Crippen LogP contribution in [0.2, 0.25) is 0 Å². The van der Waals surface area contributed by atoms with Gasteiger partial charge >= 0.3 is 5.76 Å². The van der Waals surface area contributed by atoms with E-state index in [4.69, 9.17) is 4.42 Å². The molecule has 114 valence electrons. The largest absolute Gasteiger partial charge is 0.419 e. The van der Waals surface area contributed by atoms with Crippen LogP contribution < -0.4 is 11.1 Å². The molecule has 1 heterocycles. The van der Waals surface area contributed by atoms with E-state index in [0.717, 1.165) is 18.5 Å². The molecule has 1 aliphatic carbocycles. The van der Waals surface area contributed by atoms with Crippen LogP contribution in [0.4, 0.5) is 0 Å². The van der Waals surface area contributed by atoms with Gasteiger partial charge in [0.15, 0.2) is 5.58 Å². The molecular formula is C17H24N2O2. The molecule has 0 saturated heterocycles. The second-order valence-electron chi connectivity index (χ2n) is 5.96. The fourth-order valence-corrected chi connectivity index (χ4v) is 3.21. The van der Waals surface area contributed by atoms with E-state index in [1.54, 1.807) is 4.57 Å². The van der Waals surface area contributed by atoms with Crippen LogP contribution in [0, 0.1) is 5.92 Å². The van der Waals surface area contributed by atoms with Crippen LogP contribution in [0.3, 0.4) is 0 Å². The molecule has 21 heavy (non-hydrogen) atoms. The van der Waals surface area contributed by atoms with Crippen molar-refractivity contribution in [1.29, 1.82) is 0 Å². The number of oxazole rings is 1. The van der Waals surface area contributed by atoms with Gasteiger partial charge in [-0.25, -0.2) is 4.79 Å². The van der Waals surface area contributed by atoms with Crippen molar-refractivity contribution >= 4 is 11.1 Å². The second-order valence-corrected chi connectivity index (χ2v) is 5.96. The van der Waals surface area contributed by atoms with Gasteiger partial charge in [0.2, 0.25) is 0 Å². The Balaban J connectivity index is 1.95. The van der Waals surface area contributed by atoms with Crippen molar-refractivity contribution in [2.45, 2.75) is 52.1 Å². The van der Waals surface area contributed by atoms with E-state index in [1.807, 2.05) is 13.0 Å². The lowest BCUT2D eigenvalue weighted by molar-refractivity contribution is 0.231. The summed E-state index contributed by atoms with van der Waals surface area (Å²) in [6.07, 6.45) is 5.05. The topological polar surface area (TPSA) is 47.2 Å². The Kier molecular flexibility index (Phi) is 4.15. The van der Waals surface area contributed by atoms with E-state index < -0.39 is 0 Å². The summed E-state index contributed by atoms with van der Waals surface area (Å²) in [7, 11) is 0. The number of nitrogens with one attached hydrogen (secondary N) is 1. The lowest BCUT2D eigenvalue weighted by Crippen LogP contribution is -2.32. The summed E-state index contributed by atoms with van der Waals surface area (Å²) >= 11 is 0. The van der Waals surface area contributed by atoms with Crippen LogP contribution in [0.1, 0.15) is 51.1 Å². The van der Waals surface area contributed by atoms with Gasteiger partial charge in [-0.15, -0.1) is 0 Å². The fraction of sp³-hybridized carbons (Fsp3) is 0.588. The van der Waals surface area contributed by atoms with Gasteiger partial charge in [0.1, 0.15) is 0 Å². The summed E-state index contributed by atoms with van der Waals surface area (Å²) < 4.78 is 7.07. The molecule has 1 unspecified atom stereocenters. The van der Waals surface area contributed by atoms with Crippen LogP contribution in [0.15, 0.2) is 27.4 Å². The number of aromatic nitrogens is 1. The van der Waals surface area contributed by atoms with Crippen LogP contribution >= 0.6 is 0 Å². The van der Waals surface area contributed by atoms with Crippen LogP contribution in [-0.4, -0.2) is 11.1 Å². The molecule has 1 aromatic carbocycles. The zero-order chi connectivity index (χ0) is 14.8. The summed E-state index contributed by atoms with van der Waals surface area (Å²) in [5.74, 6) is 0.459. The molecule has 1 saturated carbocycles. The summed E-state index contributed by atoms with van der Waals surface area (Å²) in [4.78, 5) is 11.8. The molecule has 2 aromatic rings. The third-order valence-electron chi connectivity index (χ3n) is 4.60. The van der Waals surface area contributed by atoms with Crippen LogP contribution in [-0.2, 0) is 6.54 Å². The Bertz CT molecular complexity index is 667. The molecule has 0 bridgehead atoms. The second kappa shape index (κ2) is 6.06. The number of hydrogen-bond acceptors (Lipinski definition) is 3. The van der Waals surface area contributed by atoms with Gasteiger partial charge in [-0.05, 0) is 56.3 Å². The Morgan fingerprint density at radius 3 is 2.81 bits per heavy atom. The van der Waals surface area contributed by atoms with Gasteiger partial charge in [-0.1, -0.05) is 19.4 Å². The minimum Gasteiger partial charge on any atom is -0.408 e. The lowest BCUT2D eigenvalue weighted by Gasteiger charge is -2.34. The van der Waals surface area contributed by atoms with Crippen molar-refractivity contribution < 1.29 is 4.42 Å². The summed E-state index contributed by atoms with van der Waals surface area (Å²) in [5, 5.41) is 3.66. The molecule has 1 fully saturated rings. The molecule has 0 amide bonds. The van der Waals surface area contributed by atoms with Gasteiger partial charge in [0.05, 0.1) is 5.52 Å². The smallest absolute Gasteiger partial charge is 0.408 e. The predicted molar refractivity (Wildman–Crippen MR) is 84.5 cm³/mol. The molecule has 4 nitrogen and oxygen atoms in total. The van der Waals surface area contributed by atoms with E-state index >= 15 is 0 Å². The fourth-order valence-electron chi connectivity index (χ4n) is 3.21. The number of benzene rings is 1. The highest BCUT2D eigenvalue weighted by molar-refractivity contribution is 5.74. The van der Waals surface area contributed by atoms with Crippen molar-refractivity contribution in [2.24, 2.45) is 5.92 Å². The van der Waals surface area contributed by atoms with Crippen molar-refractivity contribution in [3.05, 3.63) is 34.3 Å². The third kappa shape index (κ3) is 2.64. The number of nitrogens with zero attached hydrogens (tertiary/aromatic N) is 1. The first-order valence-corrected chi connectivity index (χ1v) is 8.11. The molecular weight excluding hydrogens is 264 g/mol. The first kappa shape index (κ1) is 14.4. The van der Waals surface area contributed by atoms with Gasteiger partial charge < -0.3 is 9.73 Å². The molecule has 1 aromatic heterocycles. The molecule has 0 aliphatic heterocycles. The molecule has 1 aliphatic rings. The van der Waals surface area contributed by atoms with Crippen LogP contribution in [0.25, 0.3) is 11.1 Å². The highest BCUT2D eigenvalue weighted by Crippen LogP contribution is 2.38. The van der Waals surface area contributed by atoms with Gasteiger partial charge in [0, 0.05) is 12.6 Å². The van der Waals surface area contributed by atoms with Gasteiger partial charge in [-0.3, -0.25) is 4.57 Å². The van der Waals surface area contributed by atoms with Crippen molar-refractivity contribution in [1.82, 2.24) is 9.88 Å². The third-order valence-corrected chi connectivity index (χ3v) is 4.60. The van der Waals surface area contributed by atoms with Crippen molar-refractivity contribution in [3.63, 3.8) is 0 Å². The predicted octanol–water partition coefficient (Wildman–Crippen LogP) is 3.46. The first-order valence-electron chi connectivity index (χ1n) is 8.11. The Hall–Kier alpha value is -1.55. The maximum absolute atomic E-state index is 11.8. The van der Waals surface area contributed by atoms with Crippen LogP contribution in [0.5, 0.6) is 0 Å². The molecule has 3 rings (SSSR count). The summed E-state index contributed by atoms with van der Waals surface area (Å²) in [6, 6.07) is 6.61. The van der Waals surface area contributed by atoms with E-state index in [9.17, 15) is 4.79 Å². The molecule has 0 spiro atoms.